The average Bonchev–Trinajstić information content (AvgIpc) is 2.87. The van der Waals surface area contributed by atoms with Gasteiger partial charge in [-0.2, -0.15) is 0 Å². The Labute approximate surface area is 112 Å². The van der Waals surface area contributed by atoms with Crippen molar-refractivity contribution in [3.05, 3.63) is 0 Å². The molecule has 2 saturated heterocycles. The number of likely N-dealkylation sites (tertiary alicyclic amines) is 2. The molecule has 3 rings (SSSR count). The number of nitrogens with zero attached hydrogens (tertiary/aromatic N) is 2. The largest absolute Gasteiger partial charge is 0.315 e. The van der Waals surface area contributed by atoms with Gasteiger partial charge in [-0.3, -0.25) is 4.90 Å². The third-order valence-electron chi connectivity index (χ3n) is 5.70. The molecule has 1 saturated carbocycles. The lowest BCUT2D eigenvalue weighted by Gasteiger charge is -2.48. The molecule has 4 atom stereocenters. The highest BCUT2D eigenvalue weighted by Crippen LogP contribution is 2.33. The van der Waals surface area contributed by atoms with Gasteiger partial charge in [-0.1, -0.05) is 6.42 Å². The van der Waals surface area contributed by atoms with E-state index in [0.29, 0.717) is 0 Å². The predicted molar refractivity (Wildman–Crippen MR) is 75.8 cm³/mol. The summed E-state index contributed by atoms with van der Waals surface area (Å²) in [6.45, 7) is 4.01. The van der Waals surface area contributed by atoms with E-state index in [1.165, 1.54) is 58.2 Å². The Hall–Kier alpha value is -0.120. The van der Waals surface area contributed by atoms with Crippen LogP contribution in [0.1, 0.15) is 38.5 Å². The highest BCUT2D eigenvalue weighted by Gasteiger charge is 2.39. The molecule has 0 amide bonds. The highest BCUT2D eigenvalue weighted by atomic mass is 15.2. The number of piperidine rings is 2. The zero-order chi connectivity index (χ0) is 12.5. The van der Waals surface area contributed by atoms with Gasteiger partial charge < -0.3 is 10.2 Å². The lowest BCUT2D eigenvalue weighted by Crippen LogP contribution is -2.57. The first-order valence-electron chi connectivity index (χ1n) is 7.91. The summed E-state index contributed by atoms with van der Waals surface area (Å²) in [5.41, 5.74) is 0. The zero-order valence-electron chi connectivity index (χ0n) is 12.1. The van der Waals surface area contributed by atoms with Crippen LogP contribution in [-0.2, 0) is 0 Å². The van der Waals surface area contributed by atoms with E-state index in [0.717, 1.165) is 24.0 Å². The third-order valence-corrected chi connectivity index (χ3v) is 5.70. The number of nitrogens with one attached hydrogen (secondary N) is 1. The van der Waals surface area contributed by atoms with Gasteiger partial charge in [0.25, 0.3) is 0 Å². The van der Waals surface area contributed by atoms with Gasteiger partial charge in [0.05, 0.1) is 0 Å². The molecule has 2 aliphatic heterocycles. The fraction of sp³-hybridized carbons (Fsp3) is 1.00. The number of likely N-dealkylation sites (N-methyl/N-ethyl adjacent to an activating group) is 1. The lowest BCUT2D eigenvalue weighted by atomic mass is 9.83. The van der Waals surface area contributed by atoms with Crippen LogP contribution in [0.15, 0.2) is 0 Å². The van der Waals surface area contributed by atoms with Gasteiger partial charge in [-0.05, 0) is 58.7 Å². The smallest absolute Gasteiger partial charge is 0.0249 e. The van der Waals surface area contributed by atoms with Crippen LogP contribution in [-0.4, -0.2) is 61.7 Å². The van der Waals surface area contributed by atoms with E-state index in [1.54, 1.807) is 0 Å². The SMILES string of the molecule is CNC1CCCC1N1CCC2C(CCCN2C)C1. The Balaban J connectivity index is 1.63. The topological polar surface area (TPSA) is 18.5 Å². The van der Waals surface area contributed by atoms with E-state index in [4.69, 9.17) is 0 Å². The van der Waals surface area contributed by atoms with E-state index in [1.807, 2.05) is 0 Å². The summed E-state index contributed by atoms with van der Waals surface area (Å²) in [6, 6.07) is 2.45. The number of fused-ring (bicyclic) bond motifs is 1. The number of hydrogen-bond acceptors (Lipinski definition) is 3. The van der Waals surface area contributed by atoms with Crippen molar-refractivity contribution in [1.29, 1.82) is 0 Å². The van der Waals surface area contributed by atoms with Crippen molar-refractivity contribution in [1.82, 2.24) is 15.1 Å². The van der Waals surface area contributed by atoms with Crippen LogP contribution in [0.4, 0.5) is 0 Å². The fourth-order valence-electron chi connectivity index (χ4n) is 4.70. The molecule has 1 N–H and O–H groups in total. The molecule has 3 heteroatoms. The molecule has 0 bridgehead atoms. The monoisotopic (exact) mass is 251 g/mol. The molecular weight excluding hydrogens is 222 g/mol. The van der Waals surface area contributed by atoms with Crippen LogP contribution >= 0.6 is 0 Å². The maximum atomic E-state index is 3.54. The summed E-state index contributed by atoms with van der Waals surface area (Å²) >= 11 is 0. The van der Waals surface area contributed by atoms with Gasteiger partial charge in [0.1, 0.15) is 0 Å². The maximum Gasteiger partial charge on any atom is 0.0249 e. The molecule has 3 fully saturated rings. The molecule has 0 aromatic heterocycles. The van der Waals surface area contributed by atoms with E-state index in [-0.39, 0.29) is 0 Å². The van der Waals surface area contributed by atoms with Crippen molar-refractivity contribution < 1.29 is 0 Å². The molecule has 104 valence electrons. The highest BCUT2D eigenvalue weighted by molar-refractivity contribution is 4.96. The molecule has 0 aromatic rings. The quantitative estimate of drug-likeness (QED) is 0.803. The van der Waals surface area contributed by atoms with Gasteiger partial charge in [0, 0.05) is 31.2 Å². The van der Waals surface area contributed by atoms with Crippen LogP contribution in [0.25, 0.3) is 0 Å². The average molecular weight is 251 g/mol. The summed E-state index contributed by atoms with van der Waals surface area (Å²) in [6.07, 6.45) is 8.48. The Morgan fingerprint density at radius 2 is 1.83 bits per heavy atom. The van der Waals surface area contributed by atoms with Crippen LogP contribution in [0.3, 0.4) is 0 Å². The molecule has 4 unspecified atom stereocenters. The second-order valence-corrected chi connectivity index (χ2v) is 6.63. The zero-order valence-corrected chi connectivity index (χ0v) is 12.1. The van der Waals surface area contributed by atoms with Crippen LogP contribution in [0.2, 0.25) is 0 Å². The van der Waals surface area contributed by atoms with Crippen LogP contribution < -0.4 is 5.32 Å². The summed E-state index contributed by atoms with van der Waals surface area (Å²) in [7, 11) is 4.47. The Bertz CT molecular complexity index is 281. The summed E-state index contributed by atoms with van der Waals surface area (Å²) in [5.74, 6) is 0.940. The van der Waals surface area contributed by atoms with Crippen LogP contribution in [0.5, 0.6) is 0 Å². The fourth-order valence-corrected chi connectivity index (χ4v) is 4.70. The minimum atomic E-state index is 0.753. The molecule has 0 radical (unpaired) electrons. The summed E-state index contributed by atoms with van der Waals surface area (Å²) in [4.78, 5) is 5.43. The second kappa shape index (κ2) is 5.48. The number of rotatable bonds is 2. The van der Waals surface area contributed by atoms with E-state index in [9.17, 15) is 0 Å². The minimum absolute atomic E-state index is 0.753. The first-order chi connectivity index (χ1) is 8.79. The Kier molecular flexibility index (Phi) is 3.92. The molecule has 2 heterocycles. The van der Waals surface area contributed by atoms with Crippen molar-refractivity contribution >= 4 is 0 Å². The van der Waals surface area contributed by atoms with Crippen LogP contribution in [0, 0.1) is 5.92 Å². The summed E-state index contributed by atoms with van der Waals surface area (Å²) in [5, 5.41) is 3.54. The van der Waals surface area contributed by atoms with Crippen molar-refractivity contribution in [3.8, 4) is 0 Å². The van der Waals surface area contributed by atoms with Gasteiger partial charge in [-0.25, -0.2) is 0 Å². The van der Waals surface area contributed by atoms with Gasteiger partial charge in [0.15, 0.2) is 0 Å². The van der Waals surface area contributed by atoms with E-state index in [2.05, 4.69) is 29.2 Å². The molecular formula is C15H29N3. The van der Waals surface area contributed by atoms with Crippen molar-refractivity contribution in [2.24, 2.45) is 5.92 Å². The van der Waals surface area contributed by atoms with E-state index >= 15 is 0 Å². The first-order valence-corrected chi connectivity index (χ1v) is 7.91. The lowest BCUT2D eigenvalue weighted by molar-refractivity contribution is 0.0166. The Morgan fingerprint density at radius 3 is 2.67 bits per heavy atom. The molecule has 0 spiro atoms. The predicted octanol–water partition coefficient (Wildman–Crippen LogP) is 1.54. The normalized spacial score (nSPS) is 43.0. The van der Waals surface area contributed by atoms with Crippen molar-refractivity contribution in [3.63, 3.8) is 0 Å². The molecule has 3 aliphatic rings. The van der Waals surface area contributed by atoms with Gasteiger partial charge >= 0.3 is 0 Å². The first kappa shape index (κ1) is 12.9. The second-order valence-electron chi connectivity index (χ2n) is 6.63. The molecule has 3 nitrogen and oxygen atoms in total. The van der Waals surface area contributed by atoms with Gasteiger partial charge in [-0.15, -0.1) is 0 Å². The van der Waals surface area contributed by atoms with Gasteiger partial charge in [0.2, 0.25) is 0 Å². The summed E-state index contributed by atoms with van der Waals surface area (Å²) < 4.78 is 0. The van der Waals surface area contributed by atoms with E-state index < -0.39 is 0 Å². The third kappa shape index (κ3) is 2.33. The number of hydrogen-bond donors (Lipinski definition) is 1. The van der Waals surface area contributed by atoms with Crippen molar-refractivity contribution in [2.45, 2.75) is 56.7 Å². The molecule has 0 aromatic carbocycles. The maximum absolute atomic E-state index is 3.54. The van der Waals surface area contributed by atoms with Crippen molar-refractivity contribution in [2.75, 3.05) is 33.7 Å². The Morgan fingerprint density at radius 1 is 0.944 bits per heavy atom. The minimum Gasteiger partial charge on any atom is -0.315 e. The molecule has 1 aliphatic carbocycles. The standard InChI is InChI=1S/C15H29N3/c1-16-13-6-3-7-15(13)18-10-8-14-12(11-18)5-4-9-17(14)2/h12-16H,3-11H2,1-2H3. The molecule has 18 heavy (non-hydrogen) atoms.